The summed E-state index contributed by atoms with van der Waals surface area (Å²) in [5, 5.41) is 0. The number of amides is 1. The molecule has 1 aliphatic heterocycles. The summed E-state index contributed by atoms with van der Waals surface area (Å²) in [5.74, 6) is -0.0179. The lowest BCUT2D eigenvalue weighted by Gasteiger charge is -2.31. The largest absolute Gasteiger partial charge is 0.312 e. The lowest BCUT2D eigenvalue weighted by Crippen LogP contribution is -2.33. The van der Waals surface area contributed by atoms with Crippen molar-refractivity contribution in [2.75, 3.05) is 23.2 Å². The smallest absolute Gasteiger partial charge is 0.261 e. The number of benzene rings is 2. The zero-order chi connectivity index (χ0) is 22.7. The molecular weight excluding hydrogens is 422 g/mol. The van der Waals surface area contributed by atoms with E-state index in [9.17, 15) is 13.2 Å². The number of hydrogen-bond donors (Lipinski definition) is 1. The molecule has 2 aliphatic rings. The molecule has 172 valence electrons. The highest BCUT2D eigenvalue weighted by Gasteiger charge is 2.24. The van der Waals surface area contributed by atoms with Gasteiger partial charge in [-0.25, -0.2) is 8.42 Å². The van der Waals surface area contributed by atoms with Crippen LogP contribution in [0.4, 0.5) is 11.4 Å². The maximum atomic E-state index is 13.2. The summed E-state index contributed by atoms with van der Waals surface area (Å²) in [4.78, 5) is 16.2. The van der Waals surface area contributed by atoms with Gasteiger partial charge >= 0.3 is 0 Å². The summed E-state index contributed by atoms with van der Waals surface area (Å²) >= 11 is 0. The molecular formula is C25H33N3O3S. The lowest BCUT2D eigenvalue weighted by atomic mass is 9.94. The molecule has 1 aliphatic carbocycles. The Bertz CT molecular complexity index is 1080. The molecule has 2 aromatic carbocycles. The number of nitrogens with zero attached hydrogens (tertiary/aromatic N) is 2. The number of fused-ring (bicyclic) bond motifs is 1. The van der Waals surface area contributed by atoms with Crippen molar-refractivity contribution in [3.8, 4) is 0 Å². The Labute approximate surface area is 191 Å². The van der Waals surface area contributed by atoms with Gasteiger partial charge in [-0.2, -0.15) is 0 Å². The van der Waals surface area contributed by atoms with E-state index in [4.69, 9.17) is 0 Å². The molecule has 0 saturated heterocycles. The molecule has 32 heavy (non-hydrogen) atoms. The van der Waals surface area contributed by atoms with Crippen molar-refractivity contribution < 1.29 is 13.2 Å². The third-order valence-corrected chi connectivity index (χ3v) is 8.10. The van der Waals surface area contributed by atoms with Gasteiger partial charge in [0.05, 0.1) is 10.6 Å². The molecule has 1 fully saturated rings. The van der Waals surface area contributed by atoms with Crippen LogP contribution in [0.1, 0.15) is 56.6 Å². The molecule has 0 radical (unpaired) electrons. The average molecular weight is 456 g/mol. The average Bonchev–Trinajstić information content (AvgIpc) is 2.80. The van der Waals surface area contributed by atoms with Crippen LogP contribution in [-0.2, 0) is 27.8 Å². The van der Waals surface area contributed by atoms with Crippen molar-refractivity contribution in [3.05, 3.63) is 53.6 Å². The predicted molar refractivity (Wildman–Crippen MR) is 128 cm³/mol. The standard InChI is InChI=1S/C25H33N3O3S/c1-19(29)28-16-8-10-20-17-23(14-15-25(20)28)32(30,31)26-24-13-7-6-9-21(24)18-27(2)22-11-4-3-5-12-22/h6-7,9,13-15,17,22,26H,3-5,8,10-12,16,18H2,1-2H3. The predicted octanol–water partition coefficient (Wildman–Crippen LogP) is 4.55. The number of nitrogens with one attached hydrogen (secondary N) is 1. The van der Waals surface area contributed by atoms with Gasteiger partial charge in [0, 0.05) is 31.7 Å². The van der Waals surface area contributed by atoms with Gasteiger partial charge in [-0.05, 0) is 68.1 Å². The van der Waals surface area contributed by atoms with E-state index in [2.05, 4.69) is 16.7 Å². The SMILES string of the molecule is CC(=O)N1CCCc2cc(S(=O)(=O)Nc3ccccc3CN(C)C3CCCCC3)ccc21. The Kier molecular flexibility index (Phi) is 6.86. The number of hydrogen-bond acceptors (Lipinski definition) is 4. The molecule has 0 aromatic heterocycles. The van der Waals surface area contributed by atoms with Crippen LogP contribution in [0.3, 0.4) is 0 Å². The zero-order valence-electron chi connectivity index (χ0n) is 19.0. The van der Waals surface area contributed by atoms with Crippen LogP contribution in [0.15, 0.2) is 47.4 Å². The van der Waals surface area contributed by atoms with Gasteiger partial charge < -0.3 is 4.90 Å². The van der Waals surface area contributed by atoms with Crippen molar-refractivity contribution in [1.82, 2.24) is 4.90 Å². The number of sulfonamides is 1. The van der Waals surface area contributed by atoms with Crippen molar-refractivity contribution in [3.63, 3.8) is 0 Å². The number of carbonyl (C=O) groups excluding carboxylic acids is 1. The molecule has 1 amide bonds. The van der Waals surface area contributed by atoms with Gasteiger partial charge in [0.1, 0.15) is 0 Å². The summed E-state index contributed by atoms with van der Waals surface area (Å²) in [7, 11) is -1.61. The first-order chi connectivity index (χ1) is 15.3. The van der Waals surface area contributed by atoms with Crippen LogP contribution in [-0.4, -0.2) is 38.9 Å². The Balaban J connectivity index is 1.55. The fraction of sp³-hybridized carbons (Fsp3) is 0.480. The molecule has 0 bridgehead atoms. The van der Waals surface area contributed by atoms with E-state index >= 15 is 0 Å². The maximum Gasteiger partial charge on any atom is 0.261 e. The first-order valence-corrected chi connectivity index (χ1v) is 13.1. The Hall–Kier alpha value is -2.38. The first kappa shape index (κ1) is 22.8. The minimum absolute atomic E-state index is 0.0179. The number of aryl methyl sites for hydroxylation is 1. The highest BCUT2D eigenvalue weighted by atomic mass is 32.2. The molecule has 1 saturated carbocycles. The normalized spacial score (nSPS) is 17.3. The summed E-state index contributed by atoms with van der Waals surface area (Å²) in [6.07, 6.45) is 7.86. The first-order valence-electron chi connectivity index (χ1n) is 11.6. The number of carbonyl (C=O) groups is 1. The van der Waals surface area contributed by atoms with Crippen molar-refractivity contribution in [2.45, 2.75) is 69.4 Å². The summed E-state index contributed by atoms with van der Waals surface area (Å²) < 4.78 is 29.3. The van der Waals surface area contributed by atoms with E-state index in [0.29, 0.717) is 24.8 Å². The van der Waals surface area contributed by atoms with Gasteiger partial charge in [-0.15, -0.1) is 0 Å². The van der Waals surface area contributed by atoms with Crippen LogP contribution in [0.5, 0.6) is 0 Å². The van der Waals surface area contributed by atoms with Crippen molar-refractivity contribution in [2.24, 2.45) is 0 Å². The van der Waals surface area contributed by atoms with Gasteiger partial charge in [0.15, 0.2) is 0 Å². The molecule has 0 atom stereocenters. The highest BCUT2D eigenvalue weighted by molar-refractivity contribution is 7.92. The van der Waals surface area contributed by atoms with E-state index in [1.807, 2.05) is 24.3 Å². The van der Waals surface area contributed by atoms with E-state index in [1.165, 1.54) is 32.1 Å². The number of rotatable bonds is 6. The molecule has 1 N–H and O–H groups in total. The second-order valence-electron chi connectivity index (χ2n) is 9.03. The molecule has 2 aromatic rings. The van der Waals surface area contributed by atoms with Crippen molar-refractivity contribution >= 4 is 27.3 Å². The van der Waals surface area contributed by atoms with E-state index in [-0.39, 0.29) is 10.8 Å². The second kappa shape index (κ2) is 9.63. The maximum absolute atomic E-state index is 13.2. The molecule has 4 rings (SSSR count). The summed E-state index contributed by atoms with van der Waals surface area (Å²) in [5.41, 5.74) is 3.32. The van der Waals surface area contributed by atoms with Gasteiger partial charge in [0.2, 0.25) is 5.91 Å². The van der Waals surface area contributed by atoms with Crippen LogP contribution in [0.2, 0.25) is 0 Å². The minimum Gasteiger partial charge on any atom is -0.312 e. The number of para-hydroxylation sites is 1. The summed E-state index contributed by atoms with van der Waals surface area (Å²) in [6.45, 7) is 2.93. The topological polar surface area (TPSA) is 69.7 Å². The third-order valence-electron chi connectivity index (χ3n) is 6.74. The van der Waals surface area contributed by atoms with E-state index in [0.717, 1.165) is 29.7 Å². The van der Waals surface area contributed by atoms with Crippen molar-refractivity contribution in [1.29, 1.82) is 0 Å². The fourth-order valence-corrected chi connectivity index (χ4v) is 6.10. The lowest BCUT2D eigenvalue weighted by molar-refractivity contribution is -0.116. The third kappa shape index (κ3) is 4.99. The fourth-order valence-electron chi connectivity index (χ4n) is 4.95. The summed E-state index contributed by atoms with van der Waals surface area (Å²) in [6, 6.07) is 13.3. The van der Waals surface area contributed by atoms with Gasteiger partial charge in [-0.3, -0.25) is 14.4 Å². The zero-order valence-corrected chi connectivity index (χ0v) is 19.8. The van der Waals surface area contributed by atoms with Crippen LogP contribution < -0.4 is 9.62 Å². The van der Waals surface area contributed by atoms with Crippen LogP contribution >= 0.6 is 0 Å². The Morgan fingerprint density at radius 2 is 1.84 bits per heavy atom. The van der Waals surface area contributed by atoms with E-state index in [1.54, 1.807) is 30.0 Å². The van der Waals surface area contributed by atoms with E-state index < -0.39 is 10.0 Å². The van der Waals surface area contributed by atoms with Gasteiger partial charge in [0.25, 0.3) is 10.0 Å². The minimum atomic E-state index is -3.74. The van der Waals surface area contributed by atoms with Gasteiger partial charge in [-0.1, -0.05) is 37.5 Å². The van der Waals surface area contributed by atoms with Crippen LogP contribution in [0, 0.1) is 0 Å². The Morgan fingerprint density at radius 3 is 2.59 bits per heavy atom. The molecule has 0 unspecified atom stereocenters. The molecule has 0 spiro atoms. The number of anilines is 2. The second-order valence-corrected chi connectivity index (χ2v) is 10.7. The molecule has 7 heteroatoms. The monoisotopic (exact) mass is 455 g/mol. The molecule has 6 nitrogen and oxygen atoms in total. The quantitative estimate of drug-likeness (QED) is 0.694. The Morgan fingerprint density at radius 1 is 1.09 bits per heavy atom. The molecule has 1 heterocycles. The highest BCUT2D eigenvalue weighted by Crippen LogP contribution is 2.31. The van der Waals surface area contributed by atoms with Crippen LogP contribution in [0.25, 0.3) is 0 Å².